The van der Waals surface area contributed by atoms with E-state index in [1.54, 1.807) is 0 Å². The number of hydrogen-bond acceptors (Lipinski definition) is 2. The van der Waals surface area contributed by atoms with Crippen molar-refractivity contribution in [2.75, 3.05) is 33.2 Å². The third-order valence-electron chi connectivity index (χ3n) is 3.31. The molecule has 0 rings (SSSR count). The van der Waals surface area contributed by atoms with E-state index >= 15 is 0 Å². The monoisotopic (exact) mass is 242 g/mol. The van der Waals surface area contributed by atoms with Crippen molar-refractivity contribution < 1.29 is 0 Å². The Balaban J connectivity index is 3.60. The summed E-state index contributed by atoms with van der Waals surface area (Å²) in [6.07, 6.45) is 10.9. The Morgan fingerprint density at radius 3 is 1.82 bits per heavy atom. The maximum Gasteiger partial charge on any atom is -0.000664 e. The molecule has 0 fully saturated rings. The van der Waals surface area contributed by atoms with Crippen LogP contribution in [0.25, 0.3) is 0 Å². The molecular weight excluding hydrogens is 208 g/mol. The average molecular weight is 242 g/mol. The fraction of sp³-hybridized carbons (Fsp3) is 1.00. The number of nitrogens with one attached hydrogen (secondary N) is 1. The molecule has 0 heterocycles. The Morgan fingerprint density at radius 1 is 0.706 bits per heavy atom. The lowest BCUT2D eigenvalue weighted by Crippen LogP contribution is -2.29. The van der Waals surface area contributed by atoms with Crippen LogP contribution in [0.4, 0.5) is 0 Å². The topological polar surface area (TPSA) is 15.3 Å². The van der Waals surface area contributed by atoms with Gasteiger partial charge in [0.2, 0.25) is 0 Å². The molecule has 0 amide bonds. The van der Waals surface area contributed by atoms with E-state index in [2.05, 4.69) is 24.1 Å². The summed E-state index contributed by atoms with van der Waals surface area (Å²) in [6, 6.07) is 0. The van der Waals surface area contributed by atoms with Gasteiger partial charge in [0.1, 0.15) is 0 Å². The zero-order valence-corrected chi connectivity index (χ0v) is 12.4. The van der Waals surface area contributed by atoms with Gasteiger partial charge in [0.25, 0.3) is 0 Å². The SMILES string of the molecule is CCCCCCN(CCCCC)CCCNC. The molecule has 2 heteroatoms. The zero-order chi connectivity index (χ0) is 12.8. The van der Waals surface area contributed by atoms with Crippen molar-refractivity contribution in [3.8, 4) is 0 Å². The Labute approximate surface area is 109 Å². The molecule has 0 aromatic heterocycles. The van der Waals surface area contributed by atoms with Gasteiger partial charge in [-0.2, -0.15) is 0 Å². The maximum absolute atomic E-state index is 3.24. The van der Waals surface area contributed by atoms with Gasteiger partial charge in [0.15, 0.2) is 0 Å². The Morgan fingerprint density at radius 2 is 1.24 bits per heavy atom. The van der Waals surface area contributed by atoms with E-state index in [9.17, 15) is 0 Å². The highest BCUT2D eigenvalue weighted by Crippen LogP contribution is 2.04. The second-order valence-electron chi connectivity index (χ2n) is 5.07. The molecule has 0 aromatic carbocycles. The van der Waals surface area contributed by atoms with Gasteiger partial charge in [-0.1, -0.05) is 46.0 Å². The Kier molecular flexibility index (Phi) is 13.9. The lowest BCUT2D eigenvalue weighted by molar-refractivity contribution is 0.258. The summed E-state index contributed by atoms with van der Waals surface area (Å²) in [5.41, 5.74) is 0. The smallest absolute Gasteiger partial charge is 0.000664 e. The van der Waals surface area contributed by atoms with Gasteiger partial charge >= 0.3 is 0 Å². The molecule has 0 unspecified atom stereocenters. The first-order valence-electron chi connectivity index (χ1n) is 7.72. The van der Waals surface area contributed by atoms with Gasteiger partial charge in [-0.25, -0.2) is 0 Å². The van der Waals surface area contributed by atoms with Crippen LogP contribution in [-0.4, -0.2) is 38.1 Å². The molecule has 0 saturated heterocycles. The molecule has 0 aliphatic rings. The summed E-state index contributed by atoms with van der Waals surface area (Å²) in [5, 5.41) is 3.24. The fourth-order valence-corrected chi connectivity index (χ4v) is 2.16. The largest absolute Gasteiger partial charge is 0.320 e. The van der Waals surface area contributed by atoms with Crippen LogP contribution < -0.4 is 5.32 Å². The van der Waals surface area contributed by atoms with Gasteiger partial charge in [-0.05, 0) is 52.5 Å². The molecule has 0 radical (unpaired) electrons. The molecule has 0 saturated carbocycles. The standard InChI is InChI=1S/C15H34N2/c1-4-6-8-10-14-17(13-9-7-5-2)15-11-12-16-3/h16H,4-15H2,1-3H3. The van der Waals surface area contributed by atoms with E-state index in [1.165, 1.54) is 71.0 Å². The van der Waals surface area contributed by atoms with Gasteiger partial charge in [0.05, 0.1) is 0 Å². The lowest BCUT2D eigenvalue weighted by atomic mass is 10.2. The van der Waals surface area contributed by atoms with Crippen LogP contribution in [0.15, 0.2) is 0 Å². The van der Waals surface area contributed by atoms with Crippen LogP contribution in [0, 0.1) is 0 Å². The first kappa shape index (κ1) is 16.9. The maximum atomic E-state index is 3.24. The highest BCUT2D eigenvalue weighted by atomic mass is 15.1. The van der Waals surface area contributed by atoms with Crippen molar-refractivity contribution in [1.29, 1.82) is 0 Å². The first-order valence-corrected chi connectivity index (χ1v) is 7.72. The second-order valence-corrected chi connectivity index (χ2v) is 5.07. The summed E-state index contributed by atoms with van der Waals surface area (Å²) in [6.45, 7) is 9.62. The molecule has 0 aromatic rings. The van der Waals surface area contributed by atoms with Crippen LogP contribution in [0.2, 0.25) is 0 Å². The van der Waals surface area contributed by atoms with Crippen LogP contribution in [0.5, 0.6) is 0 Å². The van der Waals surface area contributed by atoms with Gasteiger partial charge in [0, 0.05) is 0 Å². The summed E-state index contributed by atoms with van der Waals surface area (Å²) < 4.78 is 0. The van der Waals surface area contributed by atoms with Gasteiger partial charge in [-0.3, -0.25) is 0 Å². The molecular formula is C15H34N2. The van der Waals surface area contributed by atoms with E-state index in [0.29, 0.717) is 0 Å². The van der Waals surface area contributed by atoms with E-state index in [-0.39, 0.29) is 0 Å². The van der Waals surface area contributed by atoms with Crippen molar-refractivity contribution in [2.45, 2.75) is 65.2 Å². The summed E-state index contributed by atoms with van der Waals surface area (Å²) in [7, 11) is 2.04. The molecule has 17 heavy (non-hydrogen) atoms. The highest BCUT2D eigenvalue weighted by molar-refractivity contribution is 4.59. The number of rotatable bonds is 13. The molecule has 104 valence electrons. The minimum absolute atomic E-state index is 1.15. The van der Waals surface area contributed by atoms with Crippen LogP contribution in [-0.2, 0) is 0 Å². The molecule has 2 nitrogen and oxygen atoms in total. The Hall–Kier alpha value is -0.0800. The Bertz CT molecular complexity index is 127. The van der Waals surface area contributed by atoms with Gasteiger partial charge in [-0.15, -0.1) is 0 Å². The number of unbranched alkanes of at least 4 members (excludes halogenated alkanes) is 5. The van der Waals surface area contributed by atoms with Crippen molar-refractivity contribution in [2.24, 2.45) is 0 Å². The molecule has 0 aliphatic carbocycles. The van der Waals surface area contributed by atoms with E-state index < -0.39 is 0 Å². The molecule has 0 aliphatic heterocycles. The molecule has 0 atom stereocenters. The third kappa shape index (κ3) is 12.2. The first-order chi connectivity index (χ1) is 8.35. The van der Waals surface area contributed by atoms with Crippen molar-refractivity contribution in [3.05, 3.63) is 0 Å². The lowest BCUT2D eigenvalue weighted by Gasteiger charge is -2.22. The molecule has 1 N–H and O–H groups in total. The minimum atomic E-state index is 1.15. The summed E-state index contributed by atoms with van der Waals surface area (Å²) >= 11 is 0. The zero-order valence-electron chi connectivity index (χ0n) is 12.4. The van der Waals surface area contributed by atoms with Gasteiger partial charge < -0.3 is 10.2 Å². The molecule has 0 spiro atoms. The van der Waals surface area contributed by atoms with E-state index in [0.717, 1.165) is 6.54 Å². The molecule has 0 bridgehead atoms. The number of nitrogens with zero attached hydrogens (tertiary/aromatic N) is 1. The van der Waals surface area contributed by atoms with E-state index in [1.807, 2.05) is 7.05 Å². The van der Waals surface area contributed by atoms with Crippen molar-refractivity contribution in [3.63, 3.8) is 0 Å². The number of hydrogen-bond donors (Lipinski definition) is 1. The highest BCUT2D eigenvalue weighted by Gasteiger charge is 2.03. The van der Waals surface area contributed by atoms with Crippen molar-refractivity contribution >= 4 is 0 Å². The van der Waals surface area contributed by atoms with Crippen LogP contribution in [0.3, 0.4) is 0 Å². The third-order valence-corrected chi connectivity index (χ3v) is 3.31. The minimum Gasteiger partial charge on any atom is -0.320 e. The van der Waals surface area contributed by atoms with Crippen molar-refractivity contribution in [1.82, 2.24) is 10.2 Å². The van der Waals surface area contributed by atoms with Crippen LogP contribution in [0.1, 0.15) is 65.2 Å². The van der Waals surface area contributed by atoms with E-state index in [4.69, 9.17) is 0 Å². The predicted octanol–water partition coefficient (Wildman–Crippen LogP) is 3.67. The second kappa shape index (κ2) is 14.0. The fourth-order valence-electron chi connectivity index (χ4n) is 2.16. The predicted molar refractivity (Wildman–Crippen MR) is 78.7 cm³/mol. The summed E-state index contributed by atoms with van der Waals surface area (Å²) in [5.74, 6) is 0. The normalized spacial score (nSPS) is 11.3. The quantitative estimate of drug-likeness (QED) is 0.496. The summed E-state index contributed by atoms with van der Waals surface area (Å²) in [4.78, 5) is 2.67. The average Bonchev–Trinajstić information content (AvgIpc) is 2.34. The van der Waals surface area contributed by atoms with Crippen LogP contribution >= 0.6 is 0 Å².